The molecular weight excluding hydrogens is 328 g/mol. The Kier molecular flexibility index (Phi) is 6.73. The largest absolute Gasteiger partial charge is 0.461 e. The predicted molar refractivity (Wildman–Crippen MR) is 104 cm³/mol. The van der Waals surface area contributed by atoms with Crippen LogP contribution in [0.4, 0.5) is 0 Å². The Morgan fingerprint density at radius 2 is 2.00 bits per heavy atom. The molecular formula is C22H36O4. The maximum Gasteiger partial charge on any atom is 0.302 e. The first kappa shape index (κ1) is 21.2. The van der Waals surface area contributed by atoms with Crippen molar-refractivity contribution in [1.29, 1.82) is 0 Å². The van der Waals surface area contributed by atoms with Gasteiger partial charge in [-0.15, -0.1) is 0 Å². The van der Waals surface area contributed by atoms with Gasteiger partial charge in [0.05, 0.1) is 11.7 Å². The summed E-state index contributed by atoms with van der Waals surface area (Å²) in [4.78, 5) is 11.2. The number of ether oxygens (including phenoxy) is 1. The lowest BCUT2D eigenvalue weighted by molar-refractivity contribution is -0.140. The van der Waals surface area contributed by atoms with Crippen molar-refractivity contribution >= 4 is 5.97 Å². The molecule has 0 radical (unpaired) electrons. The molecule has 4 nitrogen and oxygen atoms in total. The van der Waals surface area contributed by atoms with Gasteiger partial charge in [-0.25, -0.2) is 0 Å². The Morgan fingerprint density at radius 1 is 1.31 bits per heavy atom. The van der Waals surface area contributed by atoms with Crippen LogP contribution in [0.3, 0.4) is 0 Å². The zero-order chi connectivity index (χ0) is 19.5. The predicted octanol–water partition coefficient (Wildman–Crippen LogP) is 4.16. The second-order valence-corrected chi connectivity index (χ2v) is 9.08. The number of allylic oxidation sites excluding steroid dienone is 2. The number of esters is 1. The summed E-state index contributed by atoms with van der Waals surface area (Å²) in [6.45, 7) is 10.1. The fraction of sp³-hybridized carbons (Fsp3) is 0.773. The average Bonchev–Trinajstić information content (AvgIpc) is 2.53. The molecule has 1 saturated carbocycles. The fourth-order valence-corrected chi connectivity index (χ4v) is 4.84. The van der Waals surface area contributed by atoms with Crippen molar-refractivity contribution in [3.63, 3.8) is 0 Å². The molecule has 2 rings (SSSR count). The summed E-state index contributed by atoms with van der Waals surface area (Å²) in [5.74, 6) is 0.223. The lowest BCUT2D eigenvalue weighted by atomic mass is 9.54. The number of aliphatic hydroxyl groups is 2. The molecule has 0 heterocycles. The van der Waals surface area contributed by atoms with Gasteiger partial charge < -0.3 is 14.9 Å². The molecule has 0 aliphatic heterocycles. The van der Waals surface area contributed by atoms with Gasteiger partial charge in [-0.3, -0.25) is 4.79 Å². The third kappa shape index (κ3) is 4.98. The molecule has 4 heteroatoms. The molecule has 2 bridgehead atoms. The quantitative estimate of drug-likeness (QED) is 0.570. The number of fused-ring (bicyclic) bond motifs is 2. The van der Waals surface area contributed by atoms with E-state index < -0.39 is 11.7 Å². The molecule has 1 fully saturated rings. The maximum atomic E-state index is 11.2. The molecule has 2 N–H and O–H groups in total. The van der Waals surface area contributed by atoms with E-state index in [-0.39, 0.29) is 17.3 Å². The van der Waals surface area contributed by atoms with Crippen molar-refractivity contribution in [3.05, 3.63) is 23.3 Å². The van der Waals surface area contributed by atoms with E-state index in [0.29, 0.717) is 18.9 Å². The second kappa shape index (κ2) is 8.26. The Morgan fingerprint density at radius 3 is 2.65 bits per heavy atom. The van der Waals surface area contributed by atoms with Gasteiger partial charge in [-0.1, -0.05) is 26.0 Å². The van der Waals surface area contributed by atoms with E-state index in [4.69, 9.17) is 4.74 Å². The number of rotatable bonds is 2. The Hall–Kier alpha value is -1.13. The third-order valence-electron chi connectivity index (χ3n) is 6.77. The van der Waals surface area contributed by atoms with E-state index >= 15 is 0 Å². The van der Waals surface area contributed by atoms with E-state index in [9.17, 15) is 15.0 Å². The third-order valence-corrected chi connectivity index (χ3v) is 6.77. The summed E-state index contributed by atoms with van der Waals surface area (Å²) >= 11 is 0. The summed E-state index contributed by atoms with van der Waals surface area (Å²) in [6.07, 6.45) is 8.72. The van der Waals surface area contributed by atoms with Gasteiger partial charge in [-0.2, -0.15) is 0 Å². The first-order valence-corrected chi connectivity index (χ1v) is 9.92. The molecule has 0 amide bonds. The first-order chi connectivity index (χ1) is 12.0. The van der Waals surface area contributed by atoms with Crippen LogP contribution in [-0.4, -0.2) is 34.5 Å². The minimum absolute atomic E-state index is 0.0387. The number of hydrogen-bond donors (Lipinski definition) is 2. The Labute approximate surface area is 158 Å². The standard InChI is InChI=1S/C22H36O4/c1-15-7-6-8-17(14-26-16(2)23)9-10-18-11-12-22(5,25)20(13-19(15)24)21(18,3)4/h7,9,18-20,24-25H,6,8,10-14H2,1-5H3/b15-7+,17-9-. The summed E-state index contributed by atoms with van der Waals surface area (Å²) in [5.41, 5.74) is 1.27. The minimum Gasteiger partial charge on any atom is -0.461 e. The molecule has 4 atom stereocenters. The first-order valence-electron chi connectivity index (χ1n) is 9.92. The summed E-state index contributed by atoms with van der Waals surface area (Å²) in [5, 5.41) is 21.7. The topological polar surface area (TPSA) is 66.8 Å². The molecule has 4 unspecified atom stereocenters. The number of carbonyl (C=O) groups is 1. The zero-order valence-electron chi connectivity index (χ0n) is 17.0. The van der Waals surface area contributed by atoms with E-state index in [0.717, 1.165) is 43.3 Å². The van der Waals surface area contributed by atoms with Gasteiger partial charge in [0.15, 0.2) is 0 Å². The van der Waals surface area contributed by atoms with Gasteiger partial charge in [0.25, 0.3) is 0 Å². The van der Waals surface area contributed by atoms with E-state index in [1.807, 2.05) is 13.8 Å². The average molecular weight is 365 g/mol. The summed E-state index contributed by atoms with van der Waals surface area (Å²) < 4.78 is 5.23. The fourth-order valence-electron chi connectivity index (χ4n) is 4.84. The SMILES string of the molecule is CC(=O)OC/C1=C\CC2CCC(C)(O)C(CC(O)/C(C)=C/CC1)C2(C)C. The van der Waals surface area contributed by atoms with Crippen molar-refractivity contribution in [2.24, 2.45) is 17.3 Å². The highest BCUT2D eigenvalue weighted by molar-refractivity contribution is 5.66. The molecule has 0 aromatic heterocycles. The number of aliphatic hydroxyl groups excluding tert-OH is 1. The molecule has 2 aliphatic rings. The van der Waals surface area contributed by atoms with Crippen LogP contribution < -0.4 is 0 Å². The Balaban J connectivity index is 2.33. The van der Waals surface area contributed by atoms with Crippen LogP contribution in [-0.2, 0) is 9.53 Å². The highest BCUT2D eigenvalue weighted by atomic mass is 16.5. The highest BCUT2D eigenvalue weighted by Crippen LogP contribution is 2.53. The van der Waals surface area contributed by atoms with Crippen LogP contribution in [0.2, 0.25) is 0 Å². The summed E-state index contributed by atoms with van der Waals surface area (Å²) in [6, 6.07) is 0. The molecule has 0 saturated heterocycles. The Bertz CT molecular complexity index is 571. The monoisotopic (exact) mass is 364 g/mol. The zero-order valence-corrected chi connectivity index (χ0v) is 17.0. The maximum absolute atomic E-state index is 11.2. The van der Waals surface area contributed by atoms with Gasteiger partial charge in [0.2, 0.25) is 0 Å². The van der Waals surface area contributed by atoms with Gasteiger partial charge in [0.1, 0.15) is 6.61 Å². The second-order valence-electron chi connectivity index (χ2n) is 9.08. The lowest BCUT2D eigenvalue weighted by Gasteiger charge is -2.53. The number of hydrogen-bond acceptors (Lipinski definition) is 4. The smallest absolute Gasteiger partial charge is 0.302 e. The van der Waals surface area contributed by atoms with E-state index in [1.54, 1.807) is 0 Å². The van der Waals surface area contributed by atoms with Crippen LogP contribution in [0.25, 0.3) is 0 Å². The molecule has 2 aliphatic carbocycles. The minimum atomic E-state index is -0.754. The molecule has 26 heavy (non-hydrogen) atoms. The van der Waals surface area contributed by atoms with Crippen LogP contribution in [0.5, 0.6) is 0 Å². The van der Waals surface area contributed by atoms with Crippen molar-refractivity contribution in [3.8, 4) is 0 Å². The highest BCUT2D eigenvalue weighted by Gasteiger charge is 2.50. The normalized spacial score (nSPS) is 39.4. The molecule has 0 aromatic rings. The van der Waals surface area contributed by atoms with Crippen LogP contribution in [0, 0.1) is 17.3 Å². The van der Waals surface area contributed by atoms with Crippen LogP contribution in [0.1, 0.15) is 73.1 Å². The lowest BCUT2D eigenvalue weighted by Crippen LogP contribution is -2.52. The van der Waals surface area contributed by atoms with Crippen LogP contribution in [0.15, 0.2) is 23.3 Å². The van der Waals surface area contributed by atoms with E-state index in [2.05, 4.69) is 26.0 Å². The summed E-state index contributed by atoms with van der Waals surface area (Å²) in [7, 11) is 0. The van der Waals surface area contributed by atoms with E-state index in [1.165, 1.54) is 6.92 Å². The van der Waals surface area contributed by atoms with Crippen molar-refractivity contribution in [2.45, 2.75) is 84.8 Å². The number of carbonyl (C=O) groups excluding carboxylic acids is 1. The van der Waals surface area contributed by atoms with Crippen molar-refractivity contribution < 1.29 is 19.7 Å². The van der Waals surface area contributed by atoms with Gasteiger partial charge in [-0.05, 0) is 80.8 Å². The van der Waals surface area contributed by atoms with Gasteiger partial charge >= 0.3 is 5.97 Å². The van der Waals surface area contributed by atoms with Crippen molar-refractivity contribution in [1.82, 2.24) is 0 Å². The molecule has 0 spiro atoms. The van der Waals surface area contributed by atoms with Gasteiger partial charge in [0, 0.05) is 6.92 Å². The molecule has 148 valence electrons. The van der Waals surface area contributed by atoms with Crippen LogP contribution >= 0.6 is 0 Å². The van der Waals surface area contributed by atoms with Crippen molar-refractivity contribution in [2.75, 3.05) is 6.61 Å². The molecule has 0 aromatic carbocycles.